The van der Waals surface area contributed by atoms with Crippen LogP contribution in [0.15, 0.2) is 48.7 Å². The Morgan fingerprint density at radius 3 is 2.75 bits per heavy atom. The van der Waals surface area contributed by atoms with Crippen LogP contribution in [-0.4, -0.2) is 30.1 Å². The lowest BCUT2D eigenvalue weighted by atomic mass is 10.1. The van der Waals surface area contributed by atoms with Gasteiger partial charge in [-0.15, -0.1) is 0 Å². The number of benzene rings is 1. The number of methoxy groups -OCH3 is 2. The van der Waals surface area contributed by atoms with Gasteiger partial charge in [-0.1, -0.05) is 12.1 Å². The van der Waals surface area contributed by atoms with E-state index < -0.39 is 0 Å². The molecule has 122 valence electrons. The quantitative estimate of drug-likeness (QED) is 0.781. The summed E-state index contributed by atoms with van der Waals surface area (Å²) >= 11 is 0. The van der Waals surface area contributed by atoms with Gasteiger partial charge < -0.3 is 14.8 Å². The lowest BCUT2D eigenvalue weighted by Gasteiger charge is -2.13. The maximum absolute atomic E-state index is 12.3. The van der Waals surface area contributed by atoms with E-state index in [4.69, 9.17) is 9.47 Å². The molecule has 2 aromatic heterocycles. The van der Waals surface area contributed by atoms with Crippen molar-refractivity contribution >= 4 is 16.9 Å². The standard InChI is InChI=1S/C18H17N3O3/c1-23-15-7-3-5-13(16(15)24-2)11-20-18(22)14-9-8-12-6-4-10-19-17(12)21-14/h3-10H,11H2,1-2H3,(H,20,22). The number of aromatic nitrogens is 2. The van der Waals surface area contributed by atoms with Gasteiger partial charge in [-0.2, -0.15) is 0 Å². The molecule has 0 aliphatic heterocycles. The van der Waals surface area contributed by atoms with Crippen LogP contribution >= 0.6 is 0 Å². The van der Waals surface area contributed by atoms with Gasteiger partial charge >= 0.3 is 0 Å². The zero-order valence-corrected chi connectivity index (χ0v) is 13.4. The van der Waals surface area contributed by atoms with Gasteiger partial charge in [-0.3, -0.25) is 4.79 Å². The predicted octanol–water partition coefficient (Wildman–Crippen LogP) is 2.58. The first-order valence-electron chi connectivity index (χ1n) is 7.43. The third kappa shape index (κ3) is 3.12. The number of hydrogen-bond donors (Lipinski definition) is 1. The Kier molecular flexibility index (Phi) is 4.56. The summed E-state index contributed by atoms with van der Waals surface area (Å²) in [6.07, 6.45) is 1.65. The molecule has 0 saturated carbocycles. The van der Waals surface area contributed by atoms with Crippen LogP contribution in [-0.2, 0) is 6.54 Å². The van der Waals surface area contributed by atoms with Crippen molar-refractivity contribution < 1.29 is 14.3 Å². The molecule has 6 heteroatoms. The van der Waals surface area contributed by atoms with Crippen molar-refractivity contribution in [3.8, 4) is 11.5 Å². The molecule has 2 heterocycles. The summed E-state index contributed by atoms with van der Waals surface area (Å²) in [6.45, 7) is 0.307. The number of para-hydroxylation sites is 1. The largest absolute Gasteiger partial charge is 0.493 e. The van der Waals surface area contributed by atoms with E-state index in [1.807, 2.05) is 30.3 Å². The number of carbonyl (C=O) groups is 1. The first-order chi connectivity index (χ1) is 11.7. The van der Waals surface area contributed by atoms with Crippen LogP contribution in [0.3, 0.4) is 0 Å². The average molecular weight is 323 g/mol. The number of fused-ring (bicyclic) bond motifs is 1. The second-order valence-electron chi connectivity index (χ2n) is 5.08. The van der Waals surface area contributed by atoms with Crippen molar-refractivity contribution in [2.45, 2.75) is 6.54 Å². The highest BCUT2D eigenvalue weighted by Gasteiger charge is 2.12. The fraction of sp³-hybridized carbons (Fsp3) is 0.167. The Morgan fingerprint density at radius 1 is 1.08 bits per heavy atom. The molecule has 6 nitrogen and oxygen atoms in total. The van der Waals surface area contributed by atoms with Gasteiger partial charge in [0, 0.05) is 23.7 Å². The van der Waals surface area contributed by atoms with Gasteiger partial charge in [0.05, 0.1) is 14.2 Å². The number of carbonyl (C=O) groups excluding carboxylic acids is 1. The normalized spacial score (nSPS) is 10.4. The monoisotopic (exact) mass is 323 g/mol. The van der Waals surface area contributed by atoms with Crippen molar-refractivity contribution in [3.05, 3.63) is 59.9 Å². The molecule has 0 fully saturated rings. The summed E-state index contributed by atoms with van der Waals surface area (Å²) < 4.78 is 10.6. The zero-order valence-electron chi connectivity index (χ0n) is 13.4. The summed E-state index contributed by atoms with van der Waals surface area (Å²) in [6, 6.07) is 12.8. The molecule has 0 aliphatic rings. The van der Waals surface area contributed by atoms with Crippen LogP contribution in [0.5, 0.6) is 11.5 Å². The van der Waals surface area contributed by atoms with Crippen molar-refractivity contribution in [1.29, 1.82) is 0 Å². The van der Waals surface area contributed by atoms with Crippen LogP contribution in [0.2, 0.25) is 0 Å². The maximum atomic E-state index is 12.3. The van der Waals surface area contributed by atoms with Crippen LogP contribution in [0.25, 0.3) is 11.0 Å². The van der Waals surface area contributed by atoms with Gasteiger partial charge in [0.15, 0.2) is 17.1 Å². The number of pyridine rings is 2. The molecule has 0 atom stereocenters. The van der Waals surface area contributed by atoms with E-state index in [1.54, 1.807) is 32.5 Å². The Balaban J connectivity index is 1.77. The first-order valence-corrected chi connectivity index (χ1v) is 7.43. The summed E-state index contributed by atoms with van der Waals surface area (Å²) in [5, 5.41) is 3.73. The third-order valence-electron chi connectivity index (χ3n) is 3.62. The molecular formula is C18H17N3O3. The Labute approximate surface area is 139 Å². The van der Waals surface area contributed by atoms with E-state index in [9.17, 15) is 4.79 Å². The predicted molar refractivity (Wildman–Crippen MR) is 90.3 cm³/mol. The van der Waals surface area contributed by atoms with Gasteiger partial charge in [-0.05, 0) is 30.3 Å². The molecule has 3 rings (SSSR count). The number of ether oxygens (including phenoxy) is 2. The molecule has 0 saturated heterocycles. The molecule has 0 bridgehead atoms. The highest BCUT2D eigenvalue weighted by atomic mass is 16.5. The van der Waals surface area contributed by atoms with Crippen LogP contribution < -0.4 is 14.8 Å². The number of hydrogen-bond acceptors (Lipinski definition) is 5. The second-order valence-corrected chi connectivity index (χ2v) is 5.08. The van der Waals surface area contributed by atoms with Crippen LogP contribution in [0, 0.1) is 0 Å². The molecule has 0 spiro atoms. The molecule has 1 amide bonds. The van der Waals surface area contributed by atoms with Crippen molar-refractivity contribution in [1.82, 2.24) is 15.3 Å². The van der Waals surface area contributed by atoms with E-state index >= 15 is 0 Å². The van der Waals surface area contributed by atoms with E-state index in [0.717, 1.165) is 10.9 Å². The Hall–Kier alpha value is -3.15. The van der Waals surface area contributed by atoms with E-state index in [1.165, 1.54) is 0 Å². The zero-order chi connectivity index (χ0) is 16.9. The summed E-state index contributed by atoms with van der Waals surface area (Å²) in [5.74, 6) is 0.957. The smallest absolute Gasteiger partial charge is 0.270 e. The maximum Gasteiger partial charge on any atom is 0.270 e. The molecule has 1 aromatic carbocycles. The molecular weight excluding hydrogens is 306 g/mol. The number of amides is 1. The Morgan fingerprint density at radius 2 is 1.96 bits per heavy atom. The minimum atomic E-state index is -0.271. The molecule has 0 unspecified atom stereocenters. The van der Waals surface area contributed by atoms with Crippen LogP contribution in [0.4, 0.5) is 0 Å². The van der Waals surface area contributed by atoms with Crippen molar-refractivity contribution in [2.24, 2.45) is 0 Å². The fourth-order valence-electron chi connectivity index (χ4n) is 2.44. The molecule has 3 aromatic rings. The highest BCUT2D eigenvalue weighted by Crippen LogP contribution is 2.30. The second kappa shape index (κ2) is 6.95. The fourth-order valence-corrected chi connectivity index (χ4v) is 2.44. The number of rotatable bonds is 5. The number of nitrogens with zero attached hydrogens (tertiary/aromatic N) is 2. The first kappa shape index (κ1) is 15.7. The third-order valence-corrected chi connectivity index (χ3v) is 3.62. The molecule has 0 aliphatic carbocycles. The Bertz CT molecular complexity index is 880. The van der Waals surface area contributed by atoms with E-state index in [0.29, 0.717) is 29.4 Å². The topological polar surface area (TPSA) is 73.3 Å². The van der Waals surface area contributed by atoms with Crippen LogP contribution in [0.1, 0.15) is 16.1 Å². The lowest BCUT2D eigenvalue weighted by Crippen LogP contribution is -2.24. The summed E-state index contributed by atoms with van der Waals surface area (Å²) in [7, 11) is 3.14. The number of nitrogens with one attached hydrogen (secondary N) is 1. The minimum Gasteiger partial charge on any atom is -0.493 e. The average Bonchev–Trinajstić information content (AvgIpc) is 2.65. The van der Waals surface area contributed by atoms with E-state index in [2.05, 4.69) is 15.3 Å². The summed E-state index contributed by atoms with van der Waals surface area (Å²) in [5.41, 5.74) is 1.69. The minimum absolute atomic E-state index is 0.271. The summed E-state index contributed by atoms with van der Waals surface area (Å²) in [4.78, 5) is 20.8. The van der Waals surface area contributed by atoms with Crippen molar-refractivity contribution in [2.75, 3.05) is 14.2 Å². The van der Waals surface area contributed by atoms with Gasteiger partial charge in [0.2, 0.25) is 0 Å². The molecule has 24 heavy (non-hydrogen) atoms. The molecule has 0 radical (unpaired) electrons. The molecule has 1 N–H and O–H groups in total. The van der Waals surface area contributed by atoms with Gasteiger partial charge in [0.1, 0.15) is 5.69 Å². The highest BCUT2D eigenvalue weighted by molar-refractivity contribution is 5.94. The van der Waals surface area contributed by atoms with Gasteiger partial charge in [0.25, 0.3) is 5.91 Å². The SMILES string of the molecule is COc1cccc(CNC(=O)c2ccc3cccnc3n2)c1OC. The van der Waals surface area contributed by atoms with E-state index in [-0.39, 0.29) is 5.91 Å². The lowest BCUT2D eigenvalue weighted by molar-refractivity contribution is 0.0946. The van der Waals surface area contributed by atoms with Crippen molar-refractivity contribution in [3.63, 3.8) is 0 Å². The van der Waals surface area contributed by atoms with Gasteiger partial charge in [-0.25, -0.2) is 9.97 Å².